The molecule has 0 aromatic heterocycles. The molecular formula is C24H27FN2O6S. The van der Waals surface area contributed by atoms with Gasteiger partial charge in [-0.3, -0.25) is 9.52 Å². The van der Waals surface area contributed by atoms with Crippen LogP contribution in [0, 0.1) is 11.7 Å². The first-order chi connectivity index (χ1) is 16.3. The van der Waals surface area contributed by atoms with E-state index in [0.717, 1.165) is 30.5 Å². The van der Waals surface area contributed by atoms with Crippen LogP contribution in [0.3, 0.4) is 0 Å². The molecule has 1 aliphatic carbocycles. The standard InChI is InChI=1S/C24H27FN2O6S/c25-15-3-6-18(7-4-15)34(30,31)27-16-5-8-21-19(9-16)20-10-17(32-22(13-28)24(20)33-21)11-23(29)26-12-14-1-2-14/h3-9,14,17,20,22,24,27-28H,1-2,10-13H2,(H,26,29)/t17-,20-,22+,24+/m0/s1. The molecule has 0 bridgehead atoms. The predicted molar refractivity (Wildman–Crippen MR) is 122 cm³/mol. The normalized spacial score (nSPS) is 25.7. The van der Waals surface area contributed by atoms with Gasteiger partial charge >= 0.3 is 0 Å². The summed E-state index contributed by atoms with van der Waals surface area (Å²) < 4.78 is 53.2. The van der Waals surface area contributed by atoms with Gasteiger partial charge in [0.15, 0.2) is 0 Å². The maximum atomic E-state index is 13.2. The number of anilines is 1. The lowest BCUT2D eigenvalue weighted by Crippen LogP contribution is -2.47. The summed E-state index contributed by atoms with van der Waals surface area (Å²) in [6.45, 7) is 0.434. The number of ether oxygens (including phenoxy) is 2. The van der Waals surface area contributed by atoms with Crippen LogP contribution in [0.1, 0.15) is 37.2 Å². The summed E-state index contributed by atoms with van der Waals surface area (Å²) in [7, 11) is -3.90. The van der Waals surface area contributed by atoms with Crippen molar-refractivity contribution in [3.63, 3.8) is 0 Å². The second kappa shape index (κ2) is 9.16. The maximum Gasteiger partial charge on any atom is 0.261 e. The molecule has 1 amide bonds. The fourth-order valence-electron chi connectivity index (χ4n) is 4.64. The van der Waals surface area contributed by atoms with Crippen LogP contribution in [0.4, 0.5) is 10.1 Å². The number of hydrogen-bond donors (Lipinski definition) is 3. The zero-order valence-corrected chi connectivity index (χ0v) is 19.3. The molecule has 2 aromatic carbocycles. The summed E-state index contributed by atoms with van der Waals surface area (Å²) in [5.74, 6) is 0.427. The van der Waals surface area contributed by atoms with Crippen LogP contribution in [0.5, 0.6) is 5.75 Å². The summed E-state index contributed by atoms with van der Waals surface area (Å²) in [5.41, 5.74) is 1.15. The van der Waals surface area contributed by atoms with Gasteiger partial charge in [-0.1, -0.05) is 0 Å². The Hall–Kier alpha value is -2.69. The molecule has 182 valence electrons. The maximum absolute atomic E-state index is 13.2. The van der Waals surface area contributed by atoms with Gasteiger partial charge in [-0.25, -0.2) is 12.8 Å². The molecule has 4 atom stereocenters. The molecule has 2 aromatic rings. The number of sulfonamides is 1. The van der Waals surface area contributed by atoms with Gasteiger partial charge in [0.2, 0.25) is 5.91 Å². The lowest BCUT2D eigenvalue weighted by atomic mass is 9.84. The Kier molecular flexibility index (Phi) is 6.22. The summed E-state index contributed by atoms with van der Waals surface area (Å²) in [6, 6.07) is 9.57. The topological polar surface area (TPSA) is 114 Å². The van der Waals surface area contributed by atoms with Crippen LogP contribution >= 0.6 is 0 Å². The van der Waals surface area contributed by atoms with E-state index in [9.17, 15) is 22.7 Å². The van der Waals surface area contributed by atoms with Crippen molar-refractivity contribution in [1.29, 1.82) is 0 Å². The van der Waals surface area contributed by atoms with Gasteiger partial charge in [-0.15, -0.1) is 0 Å². The average Bonchev–Trinajstić information content (AvgIpc) is 3.57. The van der Waals surface area contributed by atoms with Crippen LogP contribution in [0.15, 0.2) is 47.4 Å². The van der Waals surface area contributed by atoms with Crippen molar-refractivity contribution >= 4 is 21.6 Å². The van der Waals surface area contributed by atoms with Crippen LogP contribution in [0.2, 0.25) is 0 Å². The van der Waals surface area contributed by atoms with E-state index >= 15 is 0 Å². The molecule has 1 saturated carbocycles. The number of benzene rings is 2. The monoisotopic (exact) mass is 490 g/mol. The summed E-state index contributed by atoms with van der Waals surface area (Å²) in [6.07, 6.45) is 1.61. The van der Waals surface area contributed by atoms with Gasteiger partial charge < -0.3 is 19.9 Å². The van der Waals surface area contributed by atoms with Crippen molar-refractivity contribution in [2.75, 3.05) is 17.9 Å². The number of nitrogens with one attached hydrogen (secondary N) is 2. The van der Waals surface area contributed by atoms with Crippen molar-refractivity contribution < 1.29 is 32.2 Å². The highest BCUT2D eigenvalue weighted by Crippen LogP contribution is 2.47. The Labute approximate surface area is 197 Å². The third-order valence-corrected chi connectivity index (χ3v) is 7.97. The predicted octanol–water partition coefficient (Wildman–Crippen LogP) is 2.54. The number of halogens is 1. The smallest absolute Gasteiger partial charge is 0.261 e. The second-order valence-electron chi connectivity index (χ2n) is 9.17. The van der Waals surface area contributed by atoms with Crippen molar-refractivity contribution in [2.24, 2.45) is 5.92 Å². The fraction of sp³-hybridized carbons (Fsp3) is 0.458. The van der Waals surface area contributed by atoms with Crippen LogP contribution in [-0.2, 0) is 19.6 Å². The van der Waals surface area contributed by atoms with E-state index in [4.69, 9.17) is 9.47 Å². The Morgan fingerprint density at radius 3 is 2.62 bits per heavy atom. The molecule has 10 heteroatoms. The molecule has 0 spiro atoms. The highest BCUT2D eigenvalue weighted by Gasteiger charge is 2.46. The molecule has 3 N–H and O–H groups in total. The van der Waals surface area contributed by atoms with Crippen molar-refractivity contribution in [3.05, 3.63) is 53.8 Å². The molecule has 5 rings (SSSR count). The molecule has 34 heavy (non-hydrogen) atoms. The Balaban J connectivity index is 1.32. The SMILES string of the molecule is O=C(C[C@@H]1C[C@H]2c3cc(NS(=O)(=O)c4ccc(F)cc4)ccc3O[C@H]2[C@@H](CO)O1)NCC1CC1. The number of amides is 1. The first kappa shape index (κ1) is 23.1. The van der Waals surface area contributed by atoms with E-state index in [0.29, 0.717) is 30.3 Å². The number of rotatable bonds is 8. The first-order valence-electron chi connectivity index (χ1n) is 11.4. The van der Waals surface area contributed by atoms with Crippen LogP contribution < -0.4 is 14.8 Å². The molecule has 0 radical (unpaired) electrons. The Bertz CT molecular complexity index is 1170. The van der Waals surface area contributed by atoms with E-state index in [1.807, 2.05) is 0 Å². The van der Waals surface area contributed by atoms with E-state index in [2.05, 4.69) is 10.0 Å². The molecule has 0 unspecified atom stereocenters. The third-order valence-electron chi connectivity index (χ3n) is 6.57. The van der Waals surface area contributed by atoms with Gasteiger partial charge in [-0.05, 0) is 67.6 Å². The number of hydrogen-bond acceptors (Lipinski definition) is 6. The molecule has 2 heterocycles. The quantitative estimate of drug-likeness (QED) is 0.524. The Morgan fingerprint density at radius 1 is 1.15 bits per heavy atom. The third kappa shape index (κ3) is 4.89. The molecular weight excluding hydrogens is 463 g/mol. The molecule has 3 aliphatic rings. The number of aliphatic hydroxyl groups is 1. The Morgan fingerprint density at radius 2 is 1.91 bits per heavy atom. The minimum absolute atomic E-state index is 0.0489. The minimum atomic E-state index is -3.90. The molecule has 2 fully saturated rings. The fourth-order valence-corrected chi connectivity index (χ4v) is 5.69. The van der Waals surface area contributed by atoms with E-state index in [-0.39, 0.29) is 35.9 Å². The van der Waals surface area contributed by atoms with Crippen LogP contribution in [-0.4, -0.2) is 50.9 Å². The summed E-state index contributed by atoms with van der Waals surface area (Å²) in [4.78, 5) is 12.3. The lowest BCUT2D eigenvalue weighted by Gasteiger charge is -2.37. The van der Waals surface area contributed by atoms with Crippen molar-refractivity contribution in [1.82, 2.24) is 5.32 Å². The first-order valence-corrected chi connectivity index (χ1v) is 12.9. The molecule has 1 saturated heterocycles. The minimum Gasteiger partial charge on any atom is -0.487 e. The number of aliphatic hydroxyl groups excluding tert-OH is 1. The highest BCUT2D eigenvalue weighted by molar-refractivity contribution is 7.92. The van der Waals surface area contributed by atoms with Crippen LogP contribution in [0.25, 0.3) is 0 Å². The van der Waals surface area contributed by atoms with Crippen molar-refractivity contribution in [3.8, 4) is 5.75 Å². The van der Waals surface area contributed by atoms with Gasteiger partial charge in [0.05, 0.1) is 24.0 Å². The van der Waals surface area contributed by atoms with Gasteiger partial charge in [0.25, 0.3) is 10.0 Å². The number of fused-ring (bicyclic) bond motifs is 3. The highest BCUT2D eigenvalue weighted by atomic mass is 32.2. The lowest BCUT2D eigenvalue weighted by molar-refractivity contribution is -0.142. The largest absolute Gasteiger partial charge is 0.487 e. The van der Waals surface area contributed by atoms with E-state index in [1.165, 1.54) is 12.1 Å². The number of carbonyl (C=O) groups excluding carboxylic acids is 1. The second-order valence-corrected chi connectivity index (χ2v) is 10.8. The summed E-state index contributed by atoms with van der Waals surface area (Å²) in [5, 5.41) is 12.8. The molecule has 8 nitrogen and oxygen atoms in total. The van der Waals surface area contributed by atoms with E-state index in [1.54, 1.807) is 18.2 Å². The zero-order chi connectivity index (χ0) is 23.9. The van der Waals surface area contributed by atoms with Gasteiger partial charge in [-0.2, -0.15) is 0 Å². The van der Waals surface area contributed by atoms with Gasteiger partial charge in [0.1, 0.15) is 23.8 Å². The average molecular weight is 491 g/mol. The zero-order valence-electron chi connectivity index (χ0n) is 18.4. The number of carbonyl (C=O) groups is 1. The van der Waals surface area contributed by atoms with Crippen molar-refractivity contribution in [2.45, 2.75) is 54.8 Å². The molecule has 2 aliphatic heterocycles. The summed E-state index contributed by atoms with van der Waals surface area (Å²) >= 11 is 0. The van der Waals surface area contributed by atoms with Gasteiger partial charge in [0, 0.05) is 23.7 Å². The van der Waals surface area contributed by atoms with E-state index < -0.39 is 28.0 Å².